The molecular formula is C9H15N3O. The Labute approximate surface area is 77.6 Å². The van der Waals surface area contributed by atoms with Crippen LogP contribution in [0.4, 0.5) is 0 Å². The molecule has 1 aliphatic carbocycles. The van der Waals surface area contributed by atoms with Crippen LogP contribution in [0.1, 0.15) is 25.7 Å². The molecule has 1 unspecified atom stereocenters. The third-order valence-electron chi connectivity index (χ3n) is 3.37. The van der Waals surface area contributed by atoms with Crippen molar-refractivity contribution in [1.29, 1.82) is 0 Å². The van der Waals surface area contributed by atoms with Gasteiger partial charge in [0.15, 0.2) is 0 Å². The van der Waals surface area contributed by atoms with E-state index < -0.39 is 0 Å². The van der Waals surface area contributed by atoms with Gasteiger partial charge in [-0.1, -0.05) is 0 Å². The lowest BCUT2D eigenvalue weighted by atomic mass is 10.2. The maximum Gasteiger partial charge on any atom is 0.238 e. The molecule has 3 fully saturated rings. The number of hydrazine groups is 1. The fourth-order valence-corrected chi connectivity index (χ4v) is 2.33. The zero-order chi connectivity index (χ0) is 8.89. The highest BCUT2D eigenvalue weighted by atomic mass is 16.2. The van der Waals surface area contributed by atoms with Crippen LogP contribution in [0.15, 0.2) is 0 Å². The Kier molecular flexibility index (Phi) is 1.46. The van der Waals surface area contributed by atoms with Crippen molar-refractivity contribution in [1.82, 2.24) is 15.8 Å². The average Bonchev–Trinajstić information content (AvgIpc) is 2.60. The van der Waals surface area contributed by atoms with Gasteiger partial charge in [-0.05, 0) is 25.8 Å². The van der Waals surface area contributed by atoms with Crippen LogP contribution in [0.5, 0.6) is 0 Å². The van der Waals surface area contributed by atoms with E-state index in [-0.39, 0.29) is 5.54 Å². The predicted molar refractivity (Wildman–Crippen MR) is 47.8 cm³/mol. The van der Waals surface area contributed by atoms with E-state index in [1.807, 2.05) is 5.01 Å². The molecule has 0 aromatic carbocycles. The maximum absolute atomic E-state index is 11.7. The van der Waals surface area contributed by atoms with Gasteiger partial charge in [-0.15, -0.1) is 0 Å². The first-order chi connectivity index (χ1) is 6.29. The standard InChI is InChI=1S/C9H15N3O/c13-8-5-9(2-3-9)11-12(8)7-1-4-10-6-7/h7,10-11H,1-6H2. The van der Waals surface area contributed by atoms with Crippen LogP contribution >= 0.6 is 0 Å². The van der Waals surface area contributed by atoms with Crippen molar-refractivity contribution in [3.05, 3.63) is 0 Å². The Morgan fingerprint density at radius 1 is 1.46 bits per heavy atom. The monoisotopic (exact) mass is 181 g/mol. The van der Waals surface area contributed by atoms with Crippen LogP contribution in [-0.4, -0.2) is 35.6 Å². The van der Waals surface area contributed by atoms with Gasteiger partial charge >= 0.3 is 0 Å². The summed E-state index contributed by atoms with van der Waals surface area (Å²) in [6.45, 7) is 2.00. The summed E-state index contributed by atoms with van der Waals surface area (Å²) < 4.78 is 0. The van der Waals surface area contributed by atoms with E-state index in [1.54, 1.807) is 0 Å². The highest BCUT2D eigenvalue weighted by Gasteiger charge is 2.53. The molecule has 0 aromatic heterocycles. The van der Waals surface area contributed by atoms with E-state index in [2.05, 4.69) is 10.7 Å². The van der Waals surface area contributed by atoms with Crippen molar-refractivity contribution in [2.24, 2.45) is 0 Å². The minimum atomic E-state index is 0.194. The molecule has 1 spiro atoms. The molecule has 4 heteroatoms. The number of amides is 1. The van der Waals surface area contributed by atoms with Gasteiger partial charge in [-0.2, -0.15) is 0 Å². The lowest BCUT2D eigenvalue weighted by molar-refractivity contribution is -0.131. The van der Waals surface area contributed by atoms with Crippen LogP contribution < -0.4 is 10.7 Å². The van der Waals surface area contributed by atoms with Gasteiger partial charge in [0.25, 0.3) is 0 Å². The summed E-state index contributed by atoms with van der Waals surface area (Å²) in [7, 11) is 0. The quantitative estimate of drug-likeness (QED) is 0.579. The van der Waals surface area contributed by atoms with Gasteiger partial charge in [0.05, 0.1) is 6.04 Å². The Morgan fingerprint density at radius 2 is 2.31 bits per heavy atom. The van der Waals surface area contributed by atoms with Gasteiger partial charge in [-0.3, -0.25) is 9.80 Å². The number of carbonyl (C=O) groups is 1. The van der Waals surface area contributed by atoms with Crippen LogP contribution in [-0.2, 0) is 4.79 Å². The molecule has 1 amide bonds. The first-order valence-electron chi connectivity index (χ1n) is 5.10. The SMILES string of the molecule is O=C1CC2(CC2)NN1C1CCNC1. The zero-order valence-electron chi connectivity index (χ0n) is 7.68. The number of nitrogens with one attached hydrogen (secondary N) is 2. The molecule has 4 nitrogen and oxygen atoms in total. The fourth-order valence-electron chi connectivity index (χ4n) is 2.33. The fraction of sp³-hybridized carbons (Fsp3) is 0.889. The summed E-state index contributed by atoms with van der Waals surface area (Å²) in [5, 5.41) is 5.17. The summed E-state index contributed by atoms with van der Waals surface area (Å²) in [4.78, 5) is 11.7. The normalized spacial score (nSPS) is 36.2. The zero-order valence-corrected chi connectivity index (χ0v) is 7.68. The Bertz CT molecular complexity index is 243. The van der Waals surface area contributed by atoms with Crippen LogP contribution in [0.2, 0.25) is 0 Å². The smallest absolute Gasteiger partial charge is 0.238 e. The number of hydrogen-bond acceptors (Lipinski definition) is 3. The molecule has 0 bridgehead atoms. The second kappa shape index (κ2) is 2.45. The summed E-state index contributed by atoms with van der Waals surface area (Å²) in [6.07, 6.45) is 4.17. The average molecular weight is 181 g/mol. The van der Waals surface area contributed by atoms with E-state index in [1.165, 1.54) is 12.8 Å². The number of carbonyl (C=O) groups excluding carboxylic acids is 1. The van der Waals surface area contributed by atoms with Crippen molar-refractivity contribution < 1.29 is 4.79 Å². The topological polar surface area (TPSA) is 44.4 Å². The van der Waals surface area contributed by atoms with E-state index in [0.717, 1.165) is 25.9 Å². The summed E-state index contributed by atoms with van der Waals surface area (Å²) in [5.41, 5.74) is 3.57. The third-order valence-corrected chi connectivity index (χ3v) is 3.37. The molecule has 2 N–H and O–H groups in total. The van der Waals surface area contributed by atoms with Crippen LogP contribution in [0.3, 0.4) is 0 Å². The molecule has 13 heavy (non-hydrogen) atoms. The summed E-state index contributed by atoms with van der Waals surface area (Å²) in [6, 6.07) is 0.396. The lowest BCUT2D eigenvalue weighted by Gasteiger charge is -2.23. The van der Waals surface area contributed by atoms with E-state index in [4.69, 9.17) is 0 Å². The Hall–Kier alpha value is -0.610. The highest BCUT2D eigenvalue weighted by molar-refractivity contribution is 5.80. The number of hydrogen-bond donors (Lipinski definition) is 2. The molecule has 1 saturated carbocycles. The molecule has 2 heterocycles. The number of nitrogens with zero attached hydrogens (tertiary/aromatic N) is 1. The summed E-state index contributed by atoms with van der Waals surface area (Å²) >= 11 is 0. The van der Waals surface area contributed by atoms with Gasteiger partial charge in [-0.25, -0.2) is 5.43 Å². The predicted octanol–water partition coefficient (Wildman–Crippen LogP) is -0.382. The first kappa shape index (κ1) is 7.76. The van der Waals surface area contributed by atoms with Crippen LogP contribution in [0.25, 0.3) is 0 Å². The molecule has 3 rings (SSSR count). The van der Waals surface area contributed by atoms with E-state index >= 15 is 0 Å². The molecular weight excluding hydrogens is 166 g/mol. The minimum absolute atomic E-state index is 0.194. The molecule has 72 valence electrons. The van der Waals surface area contributed by atoms with Gasteiger partial charge in [0.1, 0.15) is 0 Å². The molecule has 0 radical (unpaired) electrons. The largest absolute Gasteiger partial charge is 0.315 e. The van der Waals surface area contributed by atoms with E-state index in [9.17, 15) is 4.79 Å². The molecule has 0 aromatic rings. The van der Waals surface area contributed by atoms with Crippen LogP contribution in [0, 0.1) is 0 Å². The second-order valence-electron chi connectivity index (χ2n) is 4.48. The van der Waals surface area contributed by atoms with Crippen molar-refractivity contribution in [3.63, 3.8) is 0 Å². The van der Waals surface area contributed by atoms with Gasteiger partial charge < -0.3 is 5.32 Å². The molecule has 2 aliphatic heterocycles. The van der Waals surface area contributed by atoms with Crippen molar-refractivity contribution in [3.8, 4) is 0 Å². The molecule has 2 saturated heterocycles. The highest BCUT2D eigenvalue weighted by Crippen LogP contribution is 2.43. The second-order valence-corrected chi connectivity index (χ2v) is 4.48. The minimum Gasteiger partial charge on any atom is -0.315 e. The summed E-state index contributed by atoms with van der Waals surface area (Å²) in [5.74, 6) is 0.297. The first-order valence-corrected chi connectivity index (χ1v) is 5.10. The number of rotatable bonds is 1. The lowest BCUT2D eigenvalue weighted by Crippen LogP contribution is -2.46. The van der Waals surface area contributed by atoms with Crippen molar-refractivity contribution in [2.75, 3.05) is 13.1 Å². The van der Waals surface area contributed by atoms with Gasteiger partial charge in [0.2, 0.25) is 5.91 Å². The third kappa shape index (κ3) is 1.16. The molecule has 3 aliphatic rings. The van der Waals surface area contributed by atoms with E-state index in [0.29, 0.717) is 11.9 Å². The van der Waals surface area contributed by atoms with Crippen molar-refractivity contribution in [2.45, 2.75) is 37.3 Å². The van der Waals surface area contributed by atoms with Crippen molar-refractivity contribution >= 4 is 5.91 Å². The molecule has 1 atom stereocenters. The Morgan fingerprint density at radius 3 is 2.85 bits per heavy atom. The Balaban J connectivity index is 1.73. The maximum atomic E-state index is 11.7. The van der Waals surface area contributed by atoms with Gasteiger partial charge in [0, 0.05) is 18.5 Å².